The van der Waals surface area contributed by atoms with Gasteiger partial charge in [0.15, 0.2) is 11.6 Å². The van der Waals surface area contributed by atoms with Crippen molar-refractivity contribution < 1.29 is 9.13 Å². The molecule has 0 aromatic heterocycles. The first kappa shape index (κ1) is 26.8. The van der Waals surface area contributed by atoms with Gasteiger partial charge in [-0.15, -0.1) is 0 Å². The van der Waals surface area contributed by atoms with Crippen molar-refractivity contribution in [1.29, 1.82) is 0 Å². The standard InChI is InChI=1S/C32H47FO/c1-3-5-6-7-8-9-10-11-13-27-14-16-28(17-15-27)25-34-32-23-22-30(24-31(32)33)29-20-18-26(12-4-2)19-21-29/h18-24,27-28H,3-17,25H2,1-2H3. The molecule has 0 saturated heterocycles. The fourth-order valence-electron chi connectivity index (χ4n) is 5.41. The van der Waals surface area contributed by atoms with E-state index in [9.17, 15) is 4.39 Å². The lowest BCUT2D eigenvalue weighted by Gasteiger charge is -2.28. The lowest BCUT2D eigenvalue weighted by atomic mass is 9.80. The molecule has 0 amide bonds. The molecule has 188 valence electrons. The smallest absolute Gasteiger partial charge is 0.165 e. The minimum Gasteiger partial charge on any atom is -0.490 e. The lowest BCUT2D eigenvalue weighted by Crippen LogP contribution is -2.20. The highest BCUT2D eigenvalue weighted by Gasteiger charge is 2.21. The number of hydrogen-bond acceptors (Lipinski definition) is 1. The largest absolute Gasteiger partial charge is 0.490 e. The summed E-state index contributed by atoms with van der Waals surface area (Å²) in [5, 5.41) is 0. The third kappa shape index (κ3) is 9.08. The number of halogens is 1. The molecule has 0 aliphatic heterocycles. The van der Waals surface area contributed by atoms with Crippen molar-refractivity contribution in [3.63, 3.8) is 0 Å². The average Bonchev–Trinajstić information content (AvgIpc) is 2.86. The van der Waals surface area contributed by atoms with Crippen LogP contribution in [0.15, 0.2) is 42.5 Å². The normalized spacial score (nSPS) is 18.2. The quantitative estimate of drug-likeness (QED) is 0.237. The number of ether oxygens (including phenoxy) is 1. The highest BCUT2D eigenvalue weighted by Crippen LogP contribution is 2.33. The molecule has 34 heavy (non-hydrogen) atoms. The van der Waals surface area contributed by atoms with Crippen LogP contribution in [0.3, 0.4) is 0 Å². The summed E-state index contributed by atoms with van der Waals surface area (Å²) in [5.74, 6) is 1.61. The minimum absolute atomic E-state index is 0.251. The maximum atomic E-state index is 14.7. The van der Waals surface area contributed by atoms with E-state index in [0.29, 0.717) is 18.3 Å². The van der Waals surface area contributed by atoms with Crippen LogP contribution in [0.25, 0.3) is 11.1 Å². The third-order valence-electron chi connectivity index (χ3n) is 7.66. The topological polar surface area (TPSA) is 9.23 Å². The van der Waals surface area contributed by atoms with Crippen LogP contribution in [0, 0.1) is 17.7 Å². The zero-order chi connectivity index (χ0) is 24.0. The fourth-order valence-corrected chi connectivity index (χ4v) is 5.41. The van der Waals surface area contributed by atoms with Gasteiger partial charge in [0.1, 0.15) is 0 Å². The summed E-state index contributed by atoms with van der Waals surface area (Å²) in [6, 6.07) is 13.9. The van der Waals surface area contributed by atoms with Gasteiger partial charge in [-0.2, -0.15) is 0 Å². The van der Waals surface area contributed by atoms with Crippen molar-refractivity contribution in [1.82, 2.24) is 0 Å². The summed E-state index contributed by atoms with van der Waals surface area (Å²) < 4.78 is 20.6. The number of aryl methyl sites for hydroxylation is 1. The van der Waals surface area contributed by atoms with Crippen LogP contribution < -0.4 is 4.74 Å². The molecular formula is C32H47FO. The van der Waals surface area contributed by atoms with Crippen molar-refractivity contribution in [2.45, 2.75) is 110 Å². The first-order valence-electron chi connectivity index (χ1n) is 14.2. The molecule has 0 bridgehead atoms. The summed E-state index contributed by atoms with van der Waals surface area (Å²) in [7, 11) is 0. The van der Waals surface area contributed by atoms with E-state index in [0.717, 1.165) is 29.9 Å². The van der Waals surface area contributed by atoms with Crippen LogP contribution in [0.2, 0.25) is 0 Å². The van der Waals surface area contributed by atoms with Gasteiger partial charge in [-0.05, 0) is 59.9 Å². The highest BCUT2D eigenvalue weighted by atomic mass is 19.1. The first-order valence-corrected chi connectivity index (χ1v) is 14.2. The van der Waals surface area contributed by atoms with Crippen LogP contribution >= 0.6 is 0 Å². The summed E-state index contributed by atoms with van der Waals surface area (Å²) in [6.45, 7) is 5.11. The van der Waals surface area contributed by atoms with Crippen molar-refractivity contribution >= 4 is 0 Å². The molecule has 0 N–H and O–H groups in total. The van der Waals surface area contributed by atoms with Crippen LogP contribution in [0.1, 0.15) is 109 Å². The molecule has 1 nitrogen and oxygen atoms in total. The molecular weight excluding hydrogens is 419 g/mol. The summed E-state index contributed by atoms with van der Waals surface area (Å²) in [4.78, 5) is 0. The Balaban J connectivity index is 1.33. The molecule has 1 saturated carbocycles. The maximum Gasteiger partial charge on any atom is 0.165 e. The van der Waals surface area contributed by atoms with Gasteiger partial charge in [0, 0.05) is 0 Å². The van der Waals surface area contributed by atoms with E-state index >= 15 is 0 Å². The summed E-state index contributed by atoms with van der Waals surface area (Å²) >= 11 is 0. The first-order chi connectivity index (χ1) is 16.7. The molecule has 0 heterocycles. The van der Waals surface area contributed by atoms with E-state index in [1.807, 2.05) is 6.07 Å². The molecule has 0 spiro atoms. The Labute approximate surface area is 208 Å². The Kier molecular flexibility index (Phi) is 12.0. The van der Waals surface area contributed by atoms with Gasteiger partial charge in [0.2, 0.25) is 0 Å². The van der Waals surface area contributed by atoms with E-state index in [-0.39, 0.29) is 5.82 Å². The number of hydrogen-bond donors (Lipinski definition) is 0. The zero-order valence-corrected chi connectivity index (χ0v) is 21.8. The SMILES string of the molecule is CCCCCCCCCCC1CCC(COc2ccc(-c3ccc(CCC)cc3)cc2F)CC1. The zero-order valence-electron chi connectivity index (χ0n) is 21.8. The lowest BCUT2D eigenvalue weighted by molar-refractivity contribution is 0.173. The van der Waals surface area contributed by atoms with Crippen LogP contribution in [-0.4, -0.2) is 6.61 Å². The van der Waals surface area contributed by atoms with Gasteiger partial charge >= 0.3 is 0 Å². The highest BCUT2D eigenvalue weighted by molar-refractivity contribution is 5.64. The van der Waals surface area contributed by atoms with Crippen molar-refractivity contribution in [2.24, 2.45) is 11.8 Å². The minimum atomic E-state index is -0.251. The molecule has 2 aromatic rings. The molecule has 0 radical (unpaired) electrons. The maximum absolute atomic E-state index is 14.7. The van der Waals surface area contributed by atoms with Crippen LogP contribution in [-0.2, 0) is 6.42 Å². The number of rotatable bonds is 15. The molecule has 2 aromatic carbocycles. The number of benzene rings is 2. The van der Waals surface area contributed by atoms with Crippen molar-refractivity contribution in [3.8, 4) is 16.9 Å². The summed E-state index contributed by atoms with van der Waals surface area (Å²) in [5.41, 5.74) is 3.30. The Hall–Kier alpha value is -1.83. The molecule has 1 aliphatic rings. The van der Waals surface area contributed by atoms with E-state index < -0.39 is 0 Å². The molecule has 2 heteroatoms. The van der Waals surface area contributed by atoms with Gasteiger partial charge in [0.05, 0.1) is 6.61 Å². The van der Waals surface area contributed by atoms with E-state index in [1.54, 1.807) is 12.1 Å². The van der Waals surface area contributed by atoms with Crippen LogP contribution in [0.5, 0.6) is 5.75 Å². The predicted molar refractivity (Wildman–Crippen MR) is 144 cm³/mol. The third-order valence-corrected chi connectivity index (χ3v) is 7.66. The van der Waals surface area contributed by atoms with Gasteiger partial charge in [0.25, 0.3) is 0 Å². The molecule has 0 unspecified atom stereocenters. The van der Waals surface area contributed by atoms with Gasteiger partial charge in [-0.1, -0.05) is 121 Å². The van der Waals surface area contributed by atoms with E-state index in [4.69, 9.17) is 4.74 Å². The molecule has 1 fully saturated rings. The van der Waals surface area contributed by atoms with Gasteiger partial charge in [-0.3, -0.25) is 0 Å². The molecule has 1 aliphatic carbocycles. The second kappa shape index (κ2) is 15.2. The molecule has 0 atom stereocenters. The Morgan fingerprint density at radius 3 is 1.97 bits per heavy atom. The van der Waals surface area contributed by atoms with Gasteiger partial charge in [-0.25, -0.2) is 4.39 Å². The summed E-state index contributed by atoms with van der Waals surface area (Å²) in [6.07, 6.45) is 20.0. The fraction of sp³-hybridized carbons (Fsp3) is 0.625. The monoisotopic (exact) mass is 466 g/mol. The predicted octanol–water partition coefficient (Wildman–Crippen LogP) is 10.2. The van der Waals surface area contributed by atoms with Gasteiger partial charge < -0.3 is 4.74 Å². The van der Waals surface area contributed by atoms with Crippen molar-refractivity contribution in [2.75, 3.05) is 6.61 Å². The second-order valence-electron chi connectivity index (χ2n) is 10.6. The average molecular weight is 467 g/mol. The van der Waals surface area contributed by atoms with Crippen LogP contribution in [0.4, 0.5) is 4.39 Å². The Bertz CT molecular complexity index is 804. The van der Waals surface area contributed by atoms with Crippen molar-refractivity contribution in [3.05, 3.63) is 53.8 Å². The Morgan fingerprint density at radius 1 is 0.706 bits per heavy atom. The molecule has 3 rings (SSSR count). The van der Waals surface area contributed by atoms with E-state index in [1.165, 1.54) is 89.0 Å². The Morgan fingerprint density at radius 2 is 1.32 bits per heavy atom. The second-order valence-corrected chi connectivity index (χ2v) is 10.6. The van der Waals surface area contributed by atoms with E-state index in [2.05, 4.69) is 38.1 Å². The number of unbranched alkanes of at least 4 members (excludes halogenated alkanes) is 7.